The first-order valence-corrected chi connectivity index (χ1v) is 13.1. The normalized spacial score (nSPS) is 20.2. The van der Waals surface area contributed by atoms with Crippen molar-refractivity contribution in [2.24, 2.45) is 11.8 Å². The smallest absolute Gasteiger partial charge is 0.306 e. The molecule has 0 saturated heterocycles. The van der Waals surface area contributed by atoms with E-state index in [1.54, 1.807) is 0 Å². The number of aliphatic hydroxyl groups excluding tert-OH is 1. The molecule has 1 aliphatic carbocycles. The van der Waals surface area contributed by atoms with Gasteiger partial charge in [-0.05, 0) is 76.2 Å². The molecule has 1 amide bonds. The van der Waals surface area contributed by atoms with Gasteiger partial charge in [-0.15, -0.1) is 0 Å². The summed E-state index contributed by atoms with van der Waals surface area (Å²) >= 11 is 0. The first kappa shape index (κ1) is 27.8. The van der Waals surface area contributed by atoms with Crippen LogP contribution in [0.2, 0.25) is 0 Å². The predicted molar refractivity (Wildman–Crippen MR) is 137 cm³/mol. The Labute approximate surface area is 205 Å². The highest BCUT2D eigenvalue weighted by molar-refractivity contribution is 5.75. The number of aliphatic hydroxyl groups is 1. The third kappa shape index (κ3) is 11.1. The van der Waals surface area contributed by atoms with E-state index >= 15 is 0 Å². The fourth-order valence-electron chi connectivity index (χ4n) is 4.59. The molecular formula is C29H43NO4. The molecule has 2 N–H and O–H groups in total. The Hall–Kier alpha value is -2.40. The summed E-state index contributed by atoms with van der Waals surface area (Å²) in [6.45, 7) is 2.63. The molecule has 1 saturated carbocycles. The average molecular weight is 470 g/mol. The van der Waals surface area contributed by atoms with E-state index in [1.807, 2.05) is 13.0 Å². The Balaban J connectivity index is 1.84. The van der Waals surface area contributed by atoms with Gasteiger partial charge in [0.15, 0.2) is 0 Å². The van der Waals surface area contributed by atoms with Crippen LogP contribution in [-0.2, 0) is 20.7 Å². The number of rotatable bonds is 16. The molecule has 0 spiro atoms. The Morgan fingerprint density at radius 2 is 1.82 bits per heavy atom. The number of unbranched alkanes of at least 4 members (excludes halogenated alkanes) is 2. The van der Waals surface area contributed by atoms with E-state index in [0.717, 1.165) is 51.4 Å². The number of carbonyl (C=O) groups is 2. The maximum absolute atomic E-state index is 12.2. The van der Waals surface area contributed by atoms with Gasteiger partial charge in [-0.25, -0.2) is 0 Å². The van der Waals surface area contributed by atoms with Crippen LogP contribution in [0.15, 0.2) is 54.6 Å². The summed E-state index contributed by atoms with van der Waals surface area (Å²) in [4.78, 5) is 23.7. The summed E-state index contributed by atoms with van der Waals surface area (Å²) in [5, 5.41) is 11.8. The number of hydrogen-bond acceptors (Lipinski definition) is 4. The van der Waals surface area contributed by atoms with Gasteiger partial charge in [0.05, 0.1) is 0 Å². The number of carbonyl (C=O) groups excluding carboxylic acids is 2. The molecule has 0 aliphatic heterocycles. The lowest BCUT2D eigenvalue weighted by atomic mass is 9.90. The maximum atomic E-state index is 12.2. The van der Waals surface area contributed by atoms with Gasteiger partial charge in [-0.2, -0.15) is 0 Å². The van der Waals surface area contributed by atoms with Gasteiger partial charge in [0.25, 0.3) is 0 Å². The van der Waals surface area contributed by atoms with E-state index in [1.165, 1.54) is 5.56 Å². The zero-order valence-corrected chi connectivity index (χ0v) is 20.8. The number of hydrogen-bond donors (Lipinski definition) is 2. The first-order valence-electron chi connectivity index (χ1n) is 13.1. The van der Waals surface area contributed by atoms with Crippen LogP contribution in [0.5, 0.6) is 0 Å². The van der Waals surface area contributed by atoms with Crippen LogP contribution in [0.4, 0.5) is 0 Å². The van der Waals surface area contributed by atoms with E-state index < -0.39 is 0 Å². The summed E-state index contributed by atoms with van der Waals surface area (Å²) in [5.74, 6) is 0.605. The van der Waals surface area contributed by atoms with E-state index in [0.29, 0.717) is 25.3 Å². The lowest BCUT2D eigenvalue weighted by Gasteiger charge is -2.21. The summed E-state index contributed by atoms with van der Waals surface area (Å²) in [5.41, 5.74) is 1.36. The highest BCUT2D eigenvalue weighted by atomic mass is 16.5. The van der Waals surface area contributed by atoms with Crippen molar-refractivity contribution < 1.29 is 19.4 Å². The number of esters is 1. The zero-order valence-electron chi connectivity index (χ0n) is 20.8. The lowest BCUT2D eigenvalue weighted by Crippen LogP contribution is -2.24. The molecule has 34 heavy (non-hydrogen) atoms. The van der Waals surface area contributed by atoms with Gasteiger partial charge in [-0.1, -0.05) is 54.6 Å². The molecule has 1 aromatic carbocycles. The Bertz CT molecular complexity index is 759. The molecule has 0 radical (unpaired) electrons. The molecule has 0 heterocycles. The standard InChI is InChI=1S/C29H43NO4/c1-2-30-28(32)19-12-4-3-10-17-25-21-22-27(34-29(33)20-13-23-31)26(25)18-11-6-9-16-24-14-7-5-8-15-24/h3,5,7-8,10-11,14-15,18,25-27,31H,2,4,6,9,12-13,16-17,19-23H2,1H3,(H,30,32)/b10-3-,18-11+/t25-,26+,27?/m0/s1. The van der Waals surface area contributed by atoms with Crippen molar-refractivity contribution >= 4 is 11.9 Å². The van der Waals surface area contributed by atoms with Crippen LogP contribution in [0.3, 0.4) is 0 Å². The van der Waals surface area contributed by atoms with Crippen LogP contribution in [-0.4, -0.2) is 36.2 Å². The monoisotopic (exact) mass is 469 g/mol. The lowest BCUT2D eigenvalue weighted by molar-refractivity contribution is -0.150. The van der Waals surface area contributed by atoms with Gasteiger partial charge < -0.3 is 15.2 Å². The highest BCUT2D eigenvalue weighted by Crippen LogP contribution is 2.38. The van der Waals surface area contributed by atoms with Crippen molar-refractivity contribution in [3.8, 4) is 0 Å². The predicted octanol–water partition coefficient (Wildman–Crippen LogP) is 5.53. The summed E-state index contributed by atoms with van der Waals surface area (Å²) in [6.07, 6.45) is 18.0. The second-order valence-electron chi connectivity index (χ2n) is 9.13. The van der Waals surface area contributed by atoms with Gasteiger partial charge in [-0.3, -0.25) is 9.59 Å². The molecule has 0 aromatic heterocycles. The van der Waals surface area contributed by atoms with Crippen LogP contribution >= 0.6 is 0 Å². The van der Waals surface area contributed by atoms with Crippen LogP contribution in [0.1, 0.15) is 76.7 Å². The summed E-state index contributed by atoms with van der Waals surface area (Å²) < 4.78 is 5.81. The SMILES string of the molecule is CCNC(=O)CCC/C=C\C[C@H]1CCC(OC(=O)CCCO)[C@@H]1/C=C/CCCc1ccccc1. The molecule has 2 rings (SSSR count). The van der Waals surface area contributed by atoms with E-state index in [2.05, 4.69) is 53.9 Å². The molecule has 1 aliphatic rings. The van der Waals surface area contributed by atoms with Crippen LogP contribution in [0, 0.1) is 11.8 Å². The van der Waals surface area contributed by atoms with E-state index in [9.17, 15) is 9.59 Å². The minimum atomic E-state index is -0.205. The van der Waals surface area contributed by atoms with Crippen LogP contribution in [0.25, 0.3) is 0 Å². The van der Waals surface area contributed by atoms with Gasteiger partial charge in [0.1, 0.15) is 6.10 Å². The second-order valence-corrected chi connectivity index (χ2v) is 9.13. The molecule has 188 valence electrons. The van der Waals surface area contributed by atoms with Gasteiger partial charge >= 0.3 is 5.97 Å². The number of aryl methyl sites for hydroxylation is 1. The third-order valence-corrected chi connectivity index (χ3v) is 6.41. The number of benzene rings is 1. The van der Waals surface area contributed by atoms with Crippen LogP contribution < -0.4 is 5.32 Å². The zero-order chi connectivity index (χ0) is 24.4. The topological polar surface area (TPSA) is 75.6 Å². The third-order valence-electron chi connectivity index (χ3n) is 6.41. The number of nitrogens with one attached hydrogen (secondary N) is 1. The number of allylic oxidation sites excluding steroid dienone is 3. The first-order chi connectivity index (χ1) is 16.6. The van der Waals surface area contributed by atoms with E-state index in [-0.39, 0.29) is 36.9 Å². The molecule has 1 aromatic rings. The van der Waals surface area contributed by atoms with Gasteiger partial charge in [0, 0.05) is 31.9 Å². The summed E-state index contributed by atoms with van der Waals surface area (Å²) in [6, 6.07) is 10.5. The van der Waals surface area contributed by atoms with E-state index in [4.69, 9.17) is 9.84 Å². The van der Waals surface area contributed by atoms with Gasteiger partial charge in [0.2, 0.25) is 5.91 Å². The molecule has 0 bridgehead atoms. The van der Waals surface area contributed by atoms with Crippen molar-refractivity contribution in [1.29, 1.82) is 0 Å². The molecule has 1 fully saturated rings. The maximum Gasteiger partial charge on any atom is 0.306 e. The number of ether oxygens (including phenoxy) is 1. The Morgan fingerprint density at radius 3 is 2.59 bits per heavy atom. The average Bonchev–Trinajstić information content (AvgIpc) is 3.21. The molecule has 1 unspecified atom stereocenters. The fourth-order valence-corrected chi connectivity index (χ4v) is 4.59. The second kappa shape index (κ2) is 17.1. The molecule has 5 nitrogen and oxygen atoms in total. The summed E-state index contributed by atoms with van der Waals surface area (Å²) in [7, 11) is 0. The largest absolute Gasteiger partial charge is 0.462 e. The molecule has 5 heteroatoms. The Morgan fingerprint density at radius 1 is 1.03 bits per heavy atom. The number of amides is 1. The van der Waals surface area contributed by atoms with Crippen molar-refractivity contribution in [3.05, 3.63) is 60.2 Å². The van der Waals surface area contributed by atoms with Crippen molar-refractivity contribution in [2.75, 3.05) is 13.2 Å². The van der Waals surface area contributed by atoms with Crippen molar-refractivity contribution in [1.82, 2.24) is 5.32 Å². The van der Waals surface area contributed by atoms with Crippen molar-refractivity contribution in [3.63, 3.8) is 0 Å². The Kier molecular flexibility index (Phi) is 14.0. The minimum Gasteiger partial charge on any atom is -0.462 e. The minimum absolute atomic E-state index is 0.0119. The molecular weight excluding hydrogens is 426 g/mol. The highest BCUT2D eigenvalue weighted by Gasteiger charge is 2.36. The van der Waals surface area contributed by atoms with Crippen molar-refractivity contribution in [2.45, 2.75) is 83.7 Å². The fraction of sp³-hybridized carbons (Fsp3) is 0.586. The quantitative estimate of drug-likeness (QED) is 0.190. The molecule has 3 atom stereocenters.